The van der Waals surface area contributed by atoms with Gasteiger partial charge in [0, 0.05) is 29.8 Å². The number of rotatable bonds is 7. The summed E-state index contributed by atoms with van der Waals surface area (Å²) in [5.74, 6) is 0.637. The Morgan fingerprint density at radius 2 is 1.73 bits per heavy atom. The Hall–Kier alpha value is -3.13. The SMILES string of the molecule is COc1cc(C(=O)NCC(O)c2ccc([N+](=O)[O-])cc2)cc(OC)c1C. The number of aliphatic hydroxyl groups excluding tert-OH is 1. The minimum Gasteiger partial charge on any atom is -0.496 e. The van der Waals surface area contributed by atoms with Gasteiger partial charge >= 0.3 is 0 Å². The van der Waals surface area contributed by atoms with E-state index in [-0.39, 0.29) is 12.2 Å². The Labute approximate surface area is 150 Å². The number of benzene rings is 2. The van der Waals surface area contributed by atoms with E-state index >= 15 is 0 Å². The normalized spacial score (nSPS) is 11.5. The third-order valence-corrected chi connectivity index (χ3v) is 3.96. The van der Waals surface area contributed by atoms with Crippen molar-refractivity contribution in [3.63, 3.8) is 0 Å². The summed E-state index contributed by atoms with van der Waals surface area (Å²) in [6, 6.07) is 8.68. The maximum absolute atomic E-state index is 12.3. The molecular weight excluding hydrogens is 340 g/mol. The molecule has 0 bridgehead atoms. The number of hydrogen-bond acceptors (Lipinski definition) is 6. The zero-order chi connectivity index (χ0) is 19.3. The third kappa shape index (κ3) is 4.28. The number of carbonyl (C=O) groups excluding carboxylic acids is 1. The van der Waals surface area contributed by atoms with Gasteiger partial charge in [-0.25, -0.2) is 0 Å². The van der Waals surface area contributed by atoms with Crippen LogP contribution in [-0.4, -0.2) is 36.7 Å². The summed E-state index contributed by atoms with van der Waals surface area (Å²) in [5, 5.41) is 23.4. The highest BCUT2D eigenvalue weighted by molar-refractivity contribution is 5.95. The summed E-state index contributed by atoms with van der Waals surface area (Å²) in [5.41, 5.74) is 1.51. The van der Waals surface area contributed by atoms with Gasteiger partial charge in [-0.3, -0.25) is 14.9 Å². The van der Waals surface area contributed by atoms with Crippen molar-refractivity contribution < 1.29 is 24.3 Å². The molecule has 8 heteroatoms. The lowest BCUT2D eigenvalue weighted by atomic mass is 10.1. The zero-order valence-corrected chi connectivity index (χ0v) is 14.7. The molecule has 2 aromatic carbocycles. The third-order valence-electron chi connectivity index (χ3n) is 3.96. The first kappa shape index (κ1) is 19.2. The number of nitrogens with one attached hydrogen (secondary N) is 1. The van der Waals surface area contributed by atoms with Crippen LogP contribution in [0.25, 0.3) is 0 Å². The first-order chi connectivity index (χ1) is 12.4. The summed E-state index contributed by atoms with van der Waals surface area (Å²) in [6.07, 6.45) is -0.992. The second-order valence-electron chi connectivity index (χ2n) is 5.58. The molecule has 0 saturated carbocycles. The highest BCUT2D eigenvalue weighted by Gasteiger charge is 2.16. The fourth-order valence-corrected chi connectivity index (χ4v) is 2.44. The summed E-state index contributed by atoms with van der Waals surface area (Å²) >= 11 is 0. The highest BCUT2D eigenvalue weighted by atomic mass is 16.6. The number of amides is 1. The highest BCUT2D eigenvalue weighted by Crippen LogP contribution is 2.29. The lowest BCUT2D eigenvalue weighted by Gasteiger charge is -2.14. The molecular formula is C18H20N2O6. The van der Waals surface area contributed by atoms with E-state index in [1.165, 1.54) is 38.5 Å². The van der Waals surface area contributed by atoms with Crippen molar-refractivity contribution in [1.82, 2.24) is 5.32 Å². The van der Waals surface area contributed by atoms with Gasteiger partial charge in [-0.15, -0.1) is 0 Å². The molecule has 2 aromatic rings. The van der Waals surface area contributed by atoms with E-state index in [1.807, 2.05) is 6.92 Å². The lowest BCUT2D eigenvalue weighted by Crippen LogP contribution is -2.28. The molecule has 1 amide bonds. The molecule has 0 aromatic heterocycles. The van der Waals surface area contributed by atoms with Gasteiger partial charge < -0.3 is 19.9 Å². The second-order valence-corrected chi connectivity index (χ2v) is 5.58. The molecule has 138 valence electrons. The van der Waals surface area contributed by atoms with Crippen molar-refractivity contribution in [2.75, 3.05) is 20.8 Å². The first-order valence-corrected chi connectivity index (χ1v) is 7.80. The monoisotopic (exact) mass is 360 g/mol. The molecule has 0 heterocycles. The Balaban J connectivity index is 2.07. The summed E-state index contributed by atoms with van der Waals surface area (Å²) in [6.45, 7) is 1.77. The van der Waals surface area contributed by atoms with Gasteiger partial charge in [0.15, 0.2) is 0 Å². The number of non-ortho nitro benzene ring substituents is 1. The van der Waals surface area contributed by atoms with Gasteiger partial charge in [0.05, 0.1) is 25.2 Å². The minimum atomic E-state index is -0.992. The van der Waals surface area contributed by atoms with Crippen LogP contribution < -0.4 is 14.8 Å². The number of aliphatic hydroxyl groups is 1. The van der Waals surface area contributed by atoms with E-state index in [4.69, 9.17) is 9.47 Å². The van der Waals surface area contributed by atoms with Crippen LogP contribution in [0.1, 0.15) is 27.6 Å². The van der Waals surface area contributed by atoms with Crippen molar-refractivity contribution in [3.8, 4) is 11.5 Å². The fraction of sp³-hybridized carbons (Fsp3) is 0.278. The summed E-state index contributed by atoms with van der Waals surface area (Å²) < 4.78 is 10.5. The van der Waals surface area contributed by atoms with E-state index < -0.39 is 16.9 Å². The van der Waals surface area contributed by atoms with Crippen molar-refractivity contribution >= 4 is 11.6 Å². The molecule has 26 heavy (non-hydrogen) atoms. The van der Waals surface area contributed by atoms with Crippen molar-refractivity contribution in [3.05, 3.63) is 63.2 Å². The second kappa shape index (κ2) is 8.30. The number of nitro groups is 1. The largest absolute Gasteiger partial charge is 0.496 e. The molecule has 0 saturated heterocycles. The van der Waals surface area contributed by atoms with E-state index in [1.54, 1.807) is 12.1 Å². The molecule has 0 radical (unpaired) electrons. The quantitative estimate of drug-likeness (QED) is 0.579. The van der Waals surface area contributed by atoms with Gasteiger partial charge in [0.1, 0.15) is 11.5 Å². The predicted octanol–water partition coefficient (Wildman–Crippen LogP) is 2.38. The number of hydrogen-bond donors (Lipinski definition) is 2. The average Bonchev–Trinajstić information content (AvgIpc) is 2.65. The number of nitrogens with zero attached hydrogens (tertiary/aromatic N) is 1. The van der Waals surface area contributed by atoms with Gasteiger partial charge in [0.25, 0.3) is 11.6 Å². The van der Waals surface area contributed by atoms with Crippen LogP contribution in [-0.2, 0) is 0 Å². The number of methoxy groups -OCH3 is 2. The standard InChI is InChI=1S/C18H20N2O6/c1-11-16(25-2)8-13(9-17(11)26-3)18(22)19-10-15(21)12-4-6-14(7-5-12)20(23)24/h4-9,15,21H,10H2,1-3H3,(H,19,22). The van der Waals surface area contributed by atoms with Crippen LogP contribution in [0, 0.1) is 17.0 Å². The number of carbonyl (C=O) groups is 1. The maximum atomic E-state index is 12.3. The van der Waals surface area contributed by atoms with Crippen LogP contribution in [0.5, 0.6) is 11.5 Å². The van der Waals surface area contributed by atoms with Gasteiger partial charge in [-0.2, -0.15) is 0 Å². The topological polar surface area (TPSA) is 111 Å². The molecule has 1 atom stereocenters. The predicted molar refractivity (Wildman–Crippen MR) is 94.7 cm³/mol. The molecule has 0 fully saturated rings. The van der Waals surface area contributed by atoms with Crippen LogP contribution in [0.3, 0.4) is 0 Å². The Morgan fingerprint density at radius 1 is 1.19 bits per heavy atom. The number of ether oxygens (including phenoxy) is 2. The van der Waals surface area contributed by atoms with E-state index in [9.17, 15) is 20.0 Å². The van der Waals surface area contributed by atoms with Gasteiger partial charge in [-0.05, 0) is 36.8 Å². The molecule has 2 N–H and O–H groups in total. The summed E-state index contributed by atoms with van der Waals surface area (Å²) in [7, 11) is 3.00. The van der Waals surface area contributed by atoms with E-state index in [0.29, 0.717) is 22.6 Å². The fourth-order valence-electron chi connectivity index (χ4n) is 2.44. The van der Waals surface area contributed by atoms with Crippen LogP contribution in [0.4, 0.5) is 5.69 Å². The van der Waals surface area contributed by atoms with E-state index in [2.05, 4.69) is 5.32 Å². The summed E-state index contributed by atoms with van der Waals surface area (Å²) in [4.78, 5) is 22.5. The lowest BCUT2D eigenvalue weighted by molar-refractivity contribution is -0.384. The van der Waals surface area contributed by atoms with Crippen molar-refractivity contribution in [1.29, 1.82) is 0 Å². The minimum absolute atomic E-state index is 0.0465. The van der Waals surface area contributed by atoms with Gasteiger partial charge in [-0.1, -0.05) is 0 Å². The molecule has 0 aliphatic heterocycles. The van der Waals surface area contributed by atoms with Crippen LogP contribution >= 0.6 is 0 Å². The first-order valence-electron chi connectivity index (χ1n) is 7.80. The molecule has 1 unspecified atom stereocenters. The Kier molecular flexibility index (Phi) is 6.13. The Morgan fingerprint density at radius 3 is 2.19 bits per heavy atom. The van der Waals surface area contributed by atoms with Crippen molar-refractivity contribution in [2.45, 2.75) is 13.0 Å². The van der Waals surface area contributed by atoms with Crippen LogP contribution in [0.2, 0.25) is 0 Å². The van der Waals surface area contributed by atoms with Crippen molar-refractivity contribution in [2.24, 2.45) is 0 Å². The maximum Gasteiger partial charge on any atom is 0.269 e. The molecule has 0 aliphatic rings. The molecule has 0 aliphatic carbocycles. The molecule has 2 rings (SSSR count). The average molecular weight is 360 g/mol. The Bertz CT molecular complexity index is 779. The zero-order valence-electron chi connectivity index (χ0n) is 14.7. The molecule has 0 spiro atoms. The number of nitro benzene ring substituents is 1. The van der Waals surface area contributed by atoms with E-state index in [0.717, 1.165) is 5.56 Å². The smallest absolute Gasteiger partial charge is 0.269 e. The van der Waals surface area contributed by atoms with Crippen LogP contribution in [0.15, 0.2) is 36.4 Å². The van der Waals surface area contributed by atoms with Gasteiger partial charge in [0.2, 0.25) is 0 Å². The molecule has 8 nitrogen and oxygen atoms in total.